The first-order valence-electron chi connectivity index (χ1n) is 3.50. The second-order valence-corrected chi connectivity index (χ2v) is 4.38. The third-order valence-electron chi connectivity index (χ3n) is 1.18. The van der Waals surface area contributed by atoms with E-state index in [4.69, 9.17) is 23.2 Å². The van der Waals surface area contributed by atoms with Crippen LogP contribution in [-0.2, 0) is 0 Å². The Labute approximate surface area is 73.2 Å². The second-order valence-electron chi connectivity index (χ2n) is 2.74. The number of alkyl halides is 2. The Kier molecular flexibility index (Phi) is 4.39. The molecule has 0 amide bonds. The van der Waals surface area contributed by atoms with Crippen LogP contribution in [0.5, 0.6) is 0 Å². The molecule has 60 valence electrons. The van der Waals surface area contributed by atoms with Gasteiger partial charge in [-0.25, -0.2) is 0 Å². The second kappa shape index (κ2) is 4.25. The Morgan fingerprint density at radius 2 is 2.00 bits per heavy atom. The van der Waals surface area contributed by atoms with Gasteiger partial charge in [0.05, 0.1) is 0 Å². The lowest BCUT2D eigenvalue weighted by molar-refractivity contribution is 0.669. The van der Waals surface area contributed by atoms with E-state index in [0.717, 1.165) is 18.4 Å². The molecule has 0 aliphatic heterocycles. The van der Waals surface area contributed by atoms with Gasteiger partial charge in [0.15, 0.2) is 0 Å². The van der Waals surface area contributed by atoms with Crippen LogP contribution in [0.3, 0.4) is 0 Å². The maximum absolute atomic E-state index is 5.94. The molecule has 0 aliphatic rings. The van der Waals surface area contributed by atoms with Gasteiger partial charge in [0.2, 0.25) is 0 Å². The predicted molar refractivity (Wildman–Crippen MR) is 48.8 cm³/mol. The number of halogens is 2. The molecule has 0 nitrogen and oxygen atoms in total. The van der Waals surface area contributed by atoms with Crippen molar-refractivity contribution in [2.75, 3.05) is 0 Å². The van der Waals surface area contributed by atoms with Crippen molar-refractivity contribution < 1.29 is 0 Å². The van der Waals surface area contributed by atoms with E-state index in [0.29, 0.717) is 6.42 Å². The van der Waals surface area contributed by atoms with Crippen molar-refractivity contribution in [3.8, 4) is 0 Å². The summed E-state index contributed by atoms with van der Waals surface area (Å²) in [6.45, 7) is 7.76. The van der Waals surface area contributed by atoms with Crippen molar-refractivity contribution in [3.05, 3.63) is 12.2 Å². The summed E-state index contributed by atoms with van der Waals surface area (Å²) in [6.07, 6.45) is 2.55. The van der Waals surface area contributed by atoms with Crippen molar-refractivity contribution in [3.63, 3.8) is 0 Å². The zero-order chi connectivity index (χ0) is 8.20. The highest BCUT2D eigenvalue weighted by Gasteiger charge is 2.21. The molecule has 0 atom stereocenters. The SMILES string of the molecule is C=C(C)CC(Cl)(Cl)CCC. The van der Waals surface area contributed by atoms with Gasteiger partial charge in [-0.05, 0) is 13.3 Å². The van der Waals surface area contributed by atoms with E-state index < -0.39 is 4.33 Å². The average Bonchev–Trinajstić information content (AvgIpc) is 1.59. The minimum Gasteiger partial charge on any atom is -0.101 e. The fourth-order valence-electron chi connectivity index (χ4n) is 0.896. The zero-order valence-corrected chi connectivity index (χ0v) is 8.10. The van der Waals surface area contributed by atoms with E-state index in [-0.39, 0.29) is 0 Å². The highest BCUT2D eigenvalue weighted by molar-refractivity contribution is 6.48. The van der Waals surface area contributed by atoms with Gasteiger partial charge in [-0.15, -0.1) is 29.8 Å². The van der Waals surface area contributed by atoms with E-state index in [1.54, 1.807) is 0 Å². The molecule has 0 aromatic heterocycles. The molecule has 0 heterocycles. The van der Waals surface area contributed by atoms with Gasteiger partial charge in [0.25, 0.3) is 0 Å². The first-order chi connectivity index (χ1) is 4.48. The number of hydrogen-bond donors (Lipinski definition) is 0. The average molecular weight is 181 g/mol. The van der Waals surface area contributed by atoms with Crippen LogP contribution in [0, 0.1) is 0 Å². The Morgan fingerprint density at radius 1 is 1.50 bits per heavy atom. The van der Waals surface area contributed by atoms with Crippen LogP contribution in [0.15, 0.2) is 12.2 Å². The first-order valence-corrected chi connectivity index (χ1v) is 4.26. The molecule has 0 N–H and O–H groups in total. The molecule has 2 heteroatoms. The maximum atomic E-state index is 5.94. The molecular weight excluding hydrogens is 167 g/mol. The van der Waals surface area contributed by atoms with E-state index >= 15 is 0 Å². The van der Waals surface area contributed by atoms with E-state index in [1.807, 2.05) is 6.92 Å². The highest BCUT2D eigenvalue weighted by Crippen LogP contribution is 2.32. The third kappa shape index (κ3) is 5.13. The van der Waals surface area contributed by atoms with Gasteiger partial charge >= 0.3 is 0 Å². The van der Waals surface area contributed by atoms with Crippen LogP contribution in [0.2, 0.25) is 0 Å². The summed E-state index contributed by atoms with van der Waals surface area (Å²) < 4.78 is -0.583. The zero-order valence-electron chi connectivity index (χ0n) is 6.58. The van der Waals surface area contributed by atoms with Crippen LogP contribution in [0.1, 0.15) is 33.1 Å². The van der Waals surface area contributed by atoms with E-state index in [1.165, 1.54) is 0 Å². The molecule has 0 aliphatic carbocycles. The van der Waals surface area contributed by atoms with Gasteiger partial charge in [-0.1, -0.05) is 18.9 Å². The molecule has 0 fully saturated rings. The largest absolute Gasteiger partial charge is 0.122 e. The number of rotatable bonds is 4. The quantitative estimate of drug-likeness (QED) is 0.455. The summed E-state index contributed by atoms with van der Waals surface area (Å²) in [5.41, 5.74) is 1.04. The third-order valence-corrected chi connectivity index (χ3v) is 1.82. The summed E-state index contributed by atoms with van der Waals surface area (Å²) in [6, 6.07) is 0. The van der Waals surface area contributed by atoms with E-state index in [2.05, 4.69) is 13.5 Å². The van der Waals surface area contributed by atoms with Crippen molar-refractivity contribution in [2.45, 2.75) is 37.4 Å². The molecule has 0 aromatic rings. The predicted octanol–water partition coefficient (Wildman–Crippen LogP) is 3.93. The number of allylic oxidation sites excluding steroid dienone is 1. The summed E-state index contributed by atoms with van der Waals surface area (Å²) in [5.74, 6) is 0. The topological polar surface area (TPSA) is 0 Å². The Hall–Kier alpha value is 0.320. The summed E-state index contributed by atoms with van der Waals surface area (Å²) in [5, 5.41) is 0. The summed E-state index contributed by atoms with van der Waals surface area (Å²) in [7, 11) is 0. The lowest BCUT2D eigenvalue weighted by atomic mass is 10.1. The molecule has 0 aromatic carbocycles. The van der Waals surface area contributed by atoms with Gasteiger partial charge in [0.1, 0.15) is 4.33 Å². The van der Waals surface area contributed by atoms with Crippen molar-refractivity contribution >= 4 is 23.2 Å². The lowest BCUT2D eigenvalue weighted by Crippen LogP contribution is -2.11. The van der Waals surface area contributed by atoms with Gasteiger partial charge < -0.3 is 0 Å². The fraction of sp³-hybridized carbons (Fsp3) is 0.750. The molecular formula is C8H14Cl2. The molecule has 0 saturated carbocycles. The molecule has 0 radical (unpaired) electrons. The Bertz CT molecular complexity index is 116. The fourth-order valence-corrected chi connectivity index (χ4v) is 1.73. The van der Waals surface area contributed by atoms with Crippen molar-refractivity contribution in [1.29, 1.82) is 0 Å². The molecule has 0 rings (SSSR count). The minimum atomic E-state index is -0.583. The van der Waals surface area contributed by atoms with Crippen LogP contribution < -0.4 is 0 Å². The molecule has 0 unspecified atom stereocenters. The summed E-state index contributed by atoms with van der Waals surface area (Å²) >= 11 is 11.9. The maximum Gasteiger partial charge on any atom is 0.122 e. The molecule has 10 heavy (non-hydrogen) atoms. The van der Waals surface area contributed by atoms with Crippen molar-refractivity contribution in [2.24, 2.45) is 0 Å². The minimum absolute atomic E-state index is 0.583. The first kappa shape index (κ1) is 10.3. The standard InChI is InChI=1S/C8H14Cl2/c1-4-5-8(9,10)6-7(2)3/h2,4-6H2,1,3H3. The smallest absolute Gasteiger partial charge is 0.101 e. The molecule has 0 bridgehead atoms. The lowest BCUT2D eigenvalue weighted by Gasteiger charge is -2.17. The molecule has 0 spiro atoms. The summed E-state index contributed by atoms with van der Waals surface area (Å²) in [4.78, 5) is 0. The normalized spacial score (nSPS) is 11.6. The van der Waals surface area contributed by atoms with Gasteiger partial charge in [-0.2, -0.15) is 0 Å². The highest BCUT2D eigenvalue weighted by atomic mass is 35.5. The van der Waals surface area contributed by atoms with Gasteiger partial charge in [-0.3, -0.25) is 0 Å². The molecule has 0 saturated heterocycles. The Balaban J connectivity index is 3.74. The van der Waals surface area contributed by atoms with Crippen LogP contribution >= 0.6 is 23.2 Å². The van der Waals surface area contributed by atoms with Crippen LogP contribution in [0.25, 0.3) is 0 Å². The Morgan fingerprint density at radius 3 is 2.30 bits per heavy atom. The van der Waals surface area contributed by atoms with Gasteiger partial charge in [0, 0.05) is 6.42 Å². The van der Waals surface area contributed by atoms with Crippen LogP contribution in [0.4, 0.5) is 0 Å². The van der Waals surface area contributed by atoms with E-state index in [9.17, 15) is 0 Å². The number of hydrogen-bond acceptors (Lipinski definition) is 0. The monoisotopic (exact) mass is 180 g/mol. The van der Waals surface area contributed by atoms with Crippen LogP contribution in [-0.4, -0.2) is 4.33 Å². The van der Waals surface area contributed by atoms with Crippen molar-refractivity contribution in [1.82, 2.24) is 0 Å².